The molecule has 6 heteroatoms. The van der Waals surface area contributed by atoms with E-state index in [1.807, 2.05) is 0 Å². The number of carbonyl (C=O) groups is 2. The van der Waals surface area contributed by atoms with Crippen LogP contribution in [0, 0.1) is 0 Å². The van der Waals surface area contributed by atoms with Gasteiger partial charge in [0, 0.05) is 0 Å². The minimum atomic E-state index is -0.481. The quantitative estimate of drug-likeness (QED) is 0.502. The Kier molecular flexibility index (Phi) is 5.69. The van der Waals surface area contributed by atoms with Crippen LogP contribution >= 0.6 is 12.2 Å². The number of allylic oxidation sites excluding steroid dienone is 1. The van der Waals surface area contributed by atoms with Crippen molar-refractivity contribution >= 4 is 34.9 Å². The van der Waals surface area contributed by atoms with E-state index >= 15 is 0 Å². The van der Waals surface area contributed by atoms with Gasteiger partial charge in [-0.15, -0.1) is 0 Å². The predicted molar refractivity (Wildman–Crippen MR) is 77.0 cm³/mol. The Hall–Kier alpha value is -2.21. The molecule has 0 fully saturated rings. The Morgan fingerprint density at radius 3 is 2.63 bits per heavy atom. The van der Waals surface area contributed by atoms with Gasteiger partial charge in [0.05, 0.1) is 18.4 Å². The number of anilines is 1. The fraction of sp³-hybridized carbons (Fsp3) is 0.154. The maximum atomic E-state index is 11.5. The monoisotopic (exact) mass is 278 g/mol. The van der Waals surface area contributed by atoms with Crippen LogP contribution < -0.4 is 10.6 Å². The Morgan fingerprint density at radius 1 is 1.32 bits per heavy atom. The molecule has 5 nitrogen and oxygen atoms in total. The average Bonchev–Trinajstić information content (AvgIpc) is 2.38. The van der Waals surface area contributed by atoms with E-state index in [4.69, 9.17) is 12.2 Å². The molecular weight excluding hydrogens is 264 g/mol. The summed E-state index contributed by atoms with van der Waals surface area (Å²) in [5.74, 6) is -0.818. The lowest BCUT2D eigenvalue weighted by Crippen LogP contribution is -2.33. The van der Waals surface area contributed by atoms with Gasteiger partial charge in [-0.05, 0) is 37.4 Å². The summed E-state index contributed by atoms with van der Waals surface area (Å²) in [5.41, 5.74) is 0.813. The molecule has 0 unspecified atom stereocenters. The number of thiocarbonyl (C=S) groups is 1. The van der Waals surface area contributed by atoms with Gasteiger partial charge in [0.15, 0.2) is 5.11 Å². The van der Waals surface area contributed by atoms with Crippen molar-refractivity contribution in [3.8, 4) is 0 Å². The van der Waals surface area contributed by atoms with Gasteiger partial charge >= 0.3 is 5.97 Å². The molecule has 0 radical (unpaired) electrons. The van der Waals surface area contributed by atoms with Crippen molar-refractivity contribution < 1.29 is 14.3 Å². The summed E-state index contributed by atoms with van der Waals surface area (Å²) in [4.78, 5) is 22.8. The third-order valence-corrected chi connectivity index (χ3v) is 2.34. The van der Waals surface area contributed by atoms with Crippen molar-refractivity contribution in [3.05, 3.63) is 42.0 Å². The molecule has 0 atom stereocenters. The number of nitrogens with one attached hydrogen (secondary N) is 2. The Morgan fingerprint density at radius 2 is 2.00 bits per heavy atom. The second-order valence-electron chi connectivity index (χ2n) is 3.48. The Balaban J connectivity index is 2.79. The van der Waals surface area contributed by atoms with Gasteiger partial charge < -0.3 is 10.1 Å². The fourth-order valence-electron chi connectivity index (χ4n) is 1.34. The normalized spacial score (nSPS) is 10.0. The maximum Gasteiger partial charge on any atom is 0.339 e. The maximum absolute atomic E-state index is 11.5. The number of ether oxygens (including phenoxy) is 1. The Bertz CT molecular complexity index is 526. The van der Waals surface area contributed by atoms with Crippen LogP contribution in [0.3, 0.4) is 0 Å². The Labute approximate surface area is 116 Å². The highest BCUT2D eigenvalue weighted by atomic mass is 32.1. The van der Waals surface area contributed by atoms with Gasteiger partial charge in [-0.2, -0.15) is 0 Å². The largest absolute Gasteiger partial charge is 0.465 e. The number of rotatable bonds is 3. The van der Waals surface area contributed by atoms with Gasteiger partial charge in [-0.3, -0.25) is 10.1 Å². The molecule has 1 aromatic rings. The average molecular weight is 278 g/mol. The summed E-state index contributed by atoms with van der Waals surface area (Å²) in [6, 6.07) is 6.72. The predicted octanol–water partition coefficient (Wildman–Crippen LogP) is 1.86. The van der Waals surface area contributed by atoms with Crippen molar-refractivity contribution in [3.63, 3.8) is 0 Å². The minimum Gasteiger partial charge on any atom is -0.465 e. The van der Waals surface area contributed by atoms with Crippen LogP contribution in [-0.4, -0.2) is 24.1 Å². The van der Waals surface area contributed by atoms with Crippen LogP contribution in [0.2, 0.25) is 0 Å². The molecule has 0 heterocycles. The van der Waals surface area contributed by atoms with E-state index in [1.54, 1.807) is 37.3 Å². The number of benzene rings is 1. The number of methoxy groups -OCH3 is 1. The SMILES string of the molecule is CC=CC(=O)NC(=S)Nc1ccccc1C(=O)OC. The molecule has 0 aliphatic carbocycles. The van der Waals surface area contributed by atoms with Crippen molar-refractivity contribution in [2.45, 2.75) is 6.92 Å². The molecule has 0 aliphatic rings. The van der Waals surface area contributed by atoms with Crippen LogP contribution in [0.5, 0.6) is 0 Å². The number of hydrogen-bond donors (Lipinski definition) is 2. The molecule has 100 valence electrons. The molecule has 0 aromatic heterocycles. The van der Waals surface area contributed by atoms with E-state index in [9.17, 15) is 9.59 Å². The molecular formula is C13H14N2O3S. The zero-order valence-corrected chi connectivity index (χ0v) is 11.4. The lowest BCUT2D eigenvalue weighted by molar-refractivity contribution is -0.115. The summed E-state index contributed by atoms with van der Waals surface area (Å²) in [6.07, 6.45) is 2.94. The summed E-state index contributed by atoms with van der Waals surface area (Å²) < 4.78 is 4.66. The highest BCUT2D eigenvalue weighted by molar-refractivity contribution is 7.80. The lowest BCUT2D eigenvalue weighted by atomic mass is 10.2. The zero-order valence-electron chi connectivity index (χ0n) is 10.6. The van der Waals surface area contributed by atoms with Gasteiger partial charge in [-0.1, -0.05) is 18.2 Å². The van der Waals surface area contributed by atoms with Crippen molar-refractivity contribution in [2.75, 3.05) is 12.4 Å². The summed E-state index contributed by atoms with van der Waals surface area (Å²) in [7, 11) is 1.30. The van der Waals surface area contributed by atoms with Crippen molar-refractivity contribution in [1.82, 2.24) is 5.32 Å². The first kappa shape index (κ1) is 14.8. The first-order chi connectivity index (χ1) is 9.08. The van der Waals surface area contributed by atoms with E-state index in [1.165, 1.54) is 13.2 Å². The van der Waals surface area contributed by atoms with E-state index in [-0.39, 0.29) is 11.0 Å². The molecule has 19 heavy (non-hydrogen) atoms. The third-order valence-electron chi connectivity index (χ3n) is 2.14. The third kappa shape index (κ3) is 4.51. The second kappa shape index (κ2) is 7.27. The second-order valence-corrected chi connectivity index (χ2v) is 3.89. The highest BCUT2D eigenvalue weighted by Crippen LogP contribution is 2.15. The van der Waals surface area contributed by atoms with Crippen LogP contribution in [0.15, 0.2) is 36.4 Å². The summed E-state index contributed by atoms with van der Waals surface area (Å²) >= 11 is 4.98. The molecule has 0 spiro atoms. The topological polar surface area (TPSA) is 67.4 Å². The smallest absolute Gasteiger partial charge is 0.339 e. The molecule has 2 N–H and O–H groups in total. The number of carbonyl (C=O) groups excluding carboxylic acids is 2. The van der Waals surface area contributed by atoms with Gasteiger partial charge in [0.2, 0.25) is 5.91 Å². The van der Waals surface area contributed by atoms with Crippen molar-refractivity contribution in [2.24, 2.45) is 0 Å². The van der Waals surface area contributed by atoms with Gasteiger partial charge in [-0.25, -0.2) is 4.79 Å². The van der Waals surface area contributed by atoms with Gasteiger partial charge in [0.25, 0.3) is 0 Å². The van der Waals surface area contributed by atoms with E-state index in [0.717, 1.165) is 0 Å². The highest BCUT2D eigenvalue weighted by Gasteiger charge is 2.12. The van der Waals surface area contributed by atoms with E-state index in [2.05, 4.69) is 15.4 Å². The standard InChI is InChI=1S/C13H14N2O3S/c1-3-6-11(16)15-13(19)14-10-8-5-4-7-9(10)12(17)18-2/h3-8H,1-2H3,(H2,14,15,16,19). The first-order valence-electron chi connectivity index (χ1n) is 5.50. The summed E-state index contributed by atoms with van der Waals surface area (Å²) in [6.45, 7) is 1.72. The van der Waals surface area contributed by atoms with Crippen LogP contribution in [0.4, 0.5) is 5.69 Å². The molecule has 1 amide bonds. The minimum absolute atomic E-state index is 0.111. The fourth-order valence-corrected chi connectivity index (χ4v) is 1.55. The molecule has 0 saturated carbocycles. The first-order valence-corrected chi connectivity index (χ1v) is 5.91. The number of amides is 1. The van der Waals surface area contributed by atoms with Gasteiger partial charge in [0.1, 0.15) is 0 Å². The van der Waals surface area contributed by atoms with Crippen LogP contribution in [-0.2, 0) is 9.53 Å². The summed E-state index contributed by atoms with van der Waals surface area (Å²) in [5, 5.41) is 5.35. The van der Waals surface area contributed by atoms with E-state index in [0.29, 0.717) is 11.3 Å². The number of para-hydroxylation sites is 1. The zero-order chi connectivity index (χ0) is 14.3. The molecule has 1 aromatic carbocycles. The molecule has 0 saturated heterocycles. The van der Waals surface area contributed by atoms with Crippen LogP contribution in [0.1, 0.15) is 17.3 Å². The van der Waals surface area contributed by atoms with Crippen molar-refractivity contribution in [1.29, 1.82) is 0 Å². The van der Waals surface area contributed by atoms with Crippen LogP contribution in [0.25, 0.3) is 0 Å². The number of esters is 1. The van der Waals surface area contributed by atoms with E-state index < -0.39 is 5.97 Å². The molecule has 1 rings (SSSR count). The molecule has 0 aliphatic heterocycles. The lowest BCUT2D eigenvalue weighted by Gasteiger charge is -2.11. The number of hydrogen-bond acceptors (Lipinski definition) is 4. The molecule has 0 bridgehead atoms.